The number of hydrogen-bond acceptors (Lipinski definition) is 4. The molecule has 0 aromatic heterocycles. The minimum atomic E-state index is -0.468. The largest absolute Gasteiger partial charge is 0.496 e. The number of methoxy groups -OCH3 is 1. The predicted octanol–water partition coefficient (Wildman–Crippen LogP) is 1.55. The zero-order valence-electron chi connectivity index (χ0n) is 13.0. The minimum absolute atomic E-state index is 0.0186. The second-order valence-electron chi connectivity index (χ2n) is 5.91. The lowest BCUT2D eigenvalue weighted by Crippen LogP contribution is -2.43. The third kappa shape index (κ3) is 4.47. The maximum atomic E-state index is 9.38. The molecule has 0 aliphatic rings. The van der Waals surface area contributed by atoms with Gasteiger partial charge in [0.25, 0.3) is 0 Å². The Morgan fingerprint density at radius 3 is 2.40 bits per heavy atom. The van der Waals surface area contributed by atoms with Crippen LogP contribution in [0.2, 0.25) is 0 Å². The van der Waals surface area contributed by atoms with E-state index in [0.717, 1.165) is 12.2 Å². The van der Waals surface area contributed by atoms with Gasteiger partial charge in [-0.3, -0.25) is 0 Å². The molecule has 2 N–H and O–H groups in total. The zero-order chi connectivity index (χ0) is 15.2. The summed E-state index contributed by atoms with van der Waals surface area (Å²) in [5.41, 5.74) is 0.702. The molecule has 0 bridgehead atoms. The summed E-state index contributed by atoms with van der Waals surface area (Å²) in [6, 6.07) is 8.30. The summed E-state index contributed by atoms with van der Waals surface area (Å²) in [7, 11) is 3.70. The minimum Gasteiger partial charge on any atom is -0.496 e. The number of hydrogen-bond donors (Lipinski definition) is 2. The molecule has 0 spiro atoms. The van der Waals surface area contributed by atoms with E-state index in [1.165, 1.54) is 5.56 Å². The van der Waals surface area contributed by atoms with Crippen molar-refractivity contribution in [1.82, 2.24) is 4.90 Å². The number of ether oxygens (including phenoxy) is 1. The average molecular weight is 281 g/mol. The highest BCUT2D eigenvalue weighted by atomic mass is 16.5. The van der Waals surface area contributed by atoms with Gasteiger partial charge < -0.3 is 19.8 Å². The number of nitrogens with zero attached hydrogens (tertiary/aromatic N) is 1. The van der Waals surface area contributed by atoms with E-state index in [9.17, 15) is 10.2 Å². The lowest BCUT2D eigenvalue weighted by Gasteiger charge is -2.34. The standard InChI is InChI=1S/C16H27NO3/c1-13(17(3)10-16(2,11-18)12-19)9-14-7-5-6-8-15(14)20-4/h5-8,13,18-19H,9-12H2,1-4H3. The average Bonchev–Trinajstić information content (AvgIpc) is 2.47. The molecule has 1 rings (SSSR count). The monoisotopic (exact) mass is 281 g/mol. The smallest absolute Gasteiger partial charge is 0.122 e. The summed E-state index contributed by atoms with van der Waals surface area (Å²) in [6.45, 7) is 4.64. The van der Waals surface area contributed by atoms with Crippen LogP contribution in [-0.2, 0) is 6.42 Å². The highest BCUT2D eigenvalue weighted by Crippen LogP contribution is 2.22. The molecule has 0 amide bonds. The summed E-state index contributed by atoms with van der Waals surface area (Å²) in [5, 5.41) is 18.8. The maximum absolute atomic E-state index is 9.38. The van der Waals surface area contributed by atoms with Crippen LogP contribution in [0, 0.1) is 5.41 Å². The highest BCUT2D eigenvalue weighted by Gasteiger charge is 2.26. The fourth-order valence-corrected chi connectivity index (χ4v) is 2.25. The Bertz CT molecular complexity index is 404. The molecule has 4 heteroatoms. The first-order valence-electron chi connectivity index (χ1n) is 6.99. The van der Waals surface area contributed by atoms with Crippen LogP contribution in [-0.4, -0.2) is 55.1 Å². The number of likely N-dealkylation sites (N-methyl/N-ethyl adjacent to an activating group) is 1. The van der Waals surface area contributed by atoms with Crippen LogP contribution in [0.1, 0.15) is 19.4 Å². The van der Waals surface area contributed by atoms with Crippen LogP contribution < -0.4 is 4.74 Å². The first-order valence-corrected chi connectivity index (χ1v) is 6.99. The number of aliphatic hydroxyl groups excluding tert-OH is 2. The van der Waals surface area contributed by atoms with Crippen LogP contribution in [0.25, 0.3) is 0 Å². The molecule has 0 saturated carbocycles. The van der Waals surface area contributed by atoms with Gasteiger partial charge in [0.2, 0.25) is 0 Å². The summed E-state index contributed by atoms with van der Waals surface area (Å²) in [6.07, 6.45) is 0.869. The molecule has 0 fully saturated rings. The van der Waals surface area contributed by atoms with Crippen LogP contribution in [0.4, 0.5) is 0 Å². The Morgan fingerprint density at radius 1 is 1.25 bits per heavy atom. The van der Waals surface area contributed by atoms with E-state index < -0.39 is 5.41 Å². The fourth-order valence-electron chi connectivity index (χ4n) is 2.25. The van der Waals surface area contributed by atoms with Crippen molar-refractivity contribution < 1.29 is 14.9 Å². The summed E-state index contributed by atoms with van der Waals surface area (Å²) >= 11 is 0. The molecule has 1 aromatic rings. The normalized spacial score (nSPS) is 13.6. The first kappa shape index (κ1) is 17.0. The third-order valence-corrected chi connectivity index (χ3v) is 3.85. The first-order chi connectivity index (χ1) is 9.45. The second-order valence-corrected chi connectivity index (χ2v) is 5.91. The van der Waals surface area contributed by atoms with E-state index in [2.05, 4.69) is 17.9 Å². The molecular formula is C16H27NO3. The third-order valence-electron chi connectivity index (χ3n) is 3.85. The molecule has 1 aromatic carbocycles. The molecule has 0 heterocycles. The van der Waals surface area contributed by atoms with E-state index in [1.807, 2.05) is 32.2 Å². The summed E-state index contributed by atoms with van der Waals surface area (Å²) < 4.78 is 5.37. The molecule has 0 radical (unpaired) electrons. The highest BCUT2D eigenvalue weighted by molar-refractivity contribution is 5.33. The number of aliphatic hydroxyl groups is 2. The van der Waals surface area contributed by atoms with Gasteiger partial charge in [0.1, 0.15) is 5.75 Å². The fraction of sp³-hybridized carbons (Fsp3) is 0.625. The van der Waals surface area contributed by atoms with Crippen LogP contribution in [0.15, 0.2) is 24.3 Å². The van der Waals surface area contributed by atoms with Crippen molar-refractivity contribution in [3.05, 3.63) is 29.8 Å². The van der Waals surface area contributed by atoms with Gasteiger partial charge in [-0.15, -0.1) is 0 Å². The summed E-state index contributed by atoms with van der Waals surface area (Å²) in [5.74, 6) is 0.903. The van der Waals surface area contributed by atoms with Gasteiger partial charge in [-0.2, -0.15) is 0 Å². The van der Waals surface area contributed by atoms with Gasteiger partial charge in [-0.05, 0) is 32.0 Å². The molecule has 114 valence electrons. The number of para-hydroxylation sites is 1. The molecular weight excluding hydrogens is 254 g/mol. The van der Waals surface area contributed by atoms with E-state index in [1.54, 1.807) is 7.11 Å². The SMILES string of the molecule is COc1ccccc1CC(C)N(C)CC(C)(CO)CO. The van der Waals surface area contributed by atoms with Crippen molar-refractivity contribution >= 4 is 0 Å². The molecule has 0 saturated heterocycles. The Labute approximate surface area is 122 Å². The van der Waals surface area contributed by atoms with Crippen molar-refractivity contribution in [2.45, 2.75) is 26.3 Å². The number of benzene rings is 1. The van der Waals surface area contributed by atoms with Gasteiger partial charge >= 0.3 is 0 Å². The van der Waals surface area contributed by atoms with Crippen LogP contribution in [0.3, 0.4) is 0 Å². The second kappa shape index (κ2) is 7.62. The molecule has 20 heavy (non-hydrogen) atoms. The van der Waals surface area contributed by atoms with Crippen molar-refractivity contribution in [3.63, 3.8) is 0 Å². The molecule has 1 unspecified atom stereocenters. The van der Waals surface area contributed by atoms with Gasteiger partial charge in [-0.1, -0.05) is 25.1 Å². The van der Waals surface area contributed by atoms with Crippen LogP contribution >= 0.6 is 0 Å². The summed E-state index contributed by atoms with van der Waals surface area (Å²) in [4.78, 5) is 2.17. The zero-order valence-corrected chi connectivity index (χ0v) is 13.0. The molecule has 0 aliphatic heterocycles. The Morgan fingerprint density at radius 2 is 1.85 bits per heavy atom. The van der Waals surface area contributed by atoms with Crippen LogP contribution in [0.5, 0.6) is 5.75 Å². The predicted molar refractivity (Wildman–Crippen MR) is 81.1 cm³/mol. The molecule has 4 nitrogen and oxygen atoms in total. The number of rotatable bonds is 8. The van der Waals surface area contributed by atoms with Crippen molar-refractivity contribution in [2.75, 3.05) is 33.9 Å². The molecule has 1 atom stereocenters. The van der Waals surface area contributed by atoms with E-state index in [0.29, 0.717) is 12.6 Å². The van der Waals surface area contributed by atoms with Gasteiger partial charge in [0.05, 0.1) is 20.3 Å². The Kier molecular flexibility index (Phi) is 6.46. The van der Waals surface area contributed by atoms with Gasteiger partial charge in [0.15, 0.2) is 0 Å². The lowest BCUT2D eigenvalue weighted by atomic mass is 9.91. The van der Waals surface area contributed by atoms with Gasteiger partial charge in [-0.25, -0.2) is 0 Å². The van der Waals surface area contributed by atoms with Crippen molar-refractivity contribution in [1.29, 1.82) is 0 Å². The van der Waals surface area contributed by atoms with Gasteiger partial charge in [0, 0.05) is 18.0 Å². The van der Waals surface area contributed by atoms with Crippen molar-refractivity contribution in [3.8, 4) is 5.75 Å². The Hall–Kier alpha value is -1.10. The topological polar surface area (TPSA) is 52.9 Å². The van der Waals surface area contributed by atoms with E-state index >= 15 is 0 Å². The Balaban J connectivity index is 2.68. The van der Waals surface area contributed by atoms with Crippen molar-refractivity contribution in [2.24, 2.45) is 5.41 Å². The van der Waals surface area contributed by atoms with E-state index in [4.69, 9.17) is 4.74 Å². The quantitative estimate of drug-likeness (QED) is 0.759. The maximum Gasteiger partial charge on any atom is 0.122 e. The van der Waals surface area contributed by atoms with E-state index in [-0.39, 0.29) is 13.2 Å². The molecule has 0 aliphatic carbocycles. The lowest BCUT2D eigenvalue weighted by molar-refractivity contribution is 0.0328.